The topological polar surface area (TPSA) is 77.9 Å². The summed E-state index contributed by atoms with van der Waals surface area (Å²) in [6.45, 7) is 6.16. The lowest BCUT2D eigenvalue weighted by Gasteiger charge is -2.20. The van der Waals surface area contributed by atoms with E-state index in [1.54, 1.807) is 24.3 Å². The number of fused-ring (bicyclic) bond motifs is 1. The van der Waals surface area contributed by atoms with Crippen molar-refractivity contribution in [3.63, 3.8) is 0 Å². The fourth-order valence-corrected chi connectivity index (χ4v) is 4.01. The number of hydrogen-bond acceptors (Lipinski definition) is 5. The second-order valence-corrected chi connectivity index (χ2v) is 9.34. The molecule has 0 unspecified atom stereocenters. The third-order valence-electron chi connectivity index (χ3n) is 5.82. The average molecular weight is 548 g/mol. The Morgan fingerprint density at radius 1 is 1.13 bits per heavy atom. The number of benzene rings is 3. The smallest absolute Gasteiger partial charge is 0.339 e. The zero-order chi connectivity index (χ0) is 27.9. The molecule has 0 aliphatic heterocycles. The van der Waals surface area contributed by atoms with E-state index in [9.17, 15) is 14.3 Å². The molecule has 39 heavy (non-hydrogen) atoms. The predicted octanol–water partition coefficient (Wildman–Crippen LogP) is 7.62. The first kappa shape index (κ1) is 27.8. The van der Waals surface area contributed by atoms with Crippen molar-refractivity contribution < 1.29 is 28.5 Å². The third-order valence-corrected chi connectivity index (χ3v) is 6.11. The van der Waals surface area contributed by atoms with Crippen LogP contribution < -0.4 is 9.47 Å². The van der Waals surface area contributed by atoms with Crippen molar-refractivity contribution in [3.8, 4) is 11.5 Å². The Bertz CT molecular complexity index is 1550. The number of pyridine rings is 1. The number of methoxy groups -OCH3 is 1. The van der Waals surface area contributed by atoms with E-state index < -0.39 is 17.9 Å². The number of hydrogen-bond donors (Lipinski definition) is 1. The zero-order valence-electron chi connectivity index (χ0n) is 21.5. The van der Waals surface area contributed by atoms with E-state index in [1.807, 2.05) is 43.3 Å². The van der Waals surface area contributed by atoms with Crippen molar-refractivity contribution in [2.75, 3.05) is 20.3 Å². The summed E-state index contributed by atoms with van der Waals surface area (Å²) in [7, 11) is 1.47. The van der Waals surface area contributed by atoms with Crippen LogP contribution in [0.2, 0.25) is 5.02 Å². The highest BCUT2D eigenvalue weighted by molar-refractivity contribution is 6.31. The number of carboxylic acid groups (broad SMARTS) is 1. The molecule has 0 aliphatic rings. The summed E-state index contributed by atoms with van der Waals surface area (Å²) in [5, 5.41) is 10.3. The lowest BCUT2D eigenvalue weighted by atomic mass is 10.1. The van der Waals surface area contributed by atoms with Gasteiger partial charge in [-0.2, -0.15) is 0 Å². The van der Waals surface area contributed by atoms with Crippen LogP contribution in [0, 0.1) is 5.82 Å². The van der Waals surface area contributed by atoms with Crippen molar-refractivity contribution in [1.29, 1.82) is 0 Å². The van der Waals surface area contributed by atoms with Gasteiger partial charge in [0.15, 0.2) is 0 Å². The molecule has 0 saturated heterocycles. The molecular weight excluding hydrogens is 521 g/mol. The highest BCUT2D eigenvalue weighted by Crippen LogP contribution is 2.28. The first-order valence-corrected chi connectivity index (χ1v) is 12.4. The number of rotatable bonds is 11. The molecule has 0 saturated carbocycles. The Morgan fingerprint density at radius 3 is 2.69 bits per heavy atom. The van der Waals surface area contributed by atoms with Crippen molar-refractivity contribution in [1.82, 2.24) is 4.98 Å². The Balaban J connectivity index is 1.56. The fraction of sp³-hybridized carbons (Fsp3) is 0.161. The summed E-state index contributed by atoms with van der Waals surface area (Å²) in [4.78, 5) is 16.3. The molecule has 0 fully saturated rings. The van der Waals surface area contributed by atoms with Crippen LogP contribution in [0.4, 0.5) is 4.39 Å². The Kier molecular flexibility index (Phi) is 8.96. The van der Waals surface area contributed by atoms with Crippen LogP contribution in [0.25, 0.3) is 23.1 Å². The van der Waals surface area contributed by atoms with Gasteiger partial charge in [-0.3, -0.25) is 0 Å². The molecule has 1 N–H and O–H groups in total. The summed E-state index contributed by atoms with van der Waals surface area (Å²) in [5.41, 5.74) is 3.87. The number of ether oxygens (including phenoxy) is 3. The Morgan fingerprint density at radius 2 is 1.95 bits per heavy atom. The molecule has 4 rings (SSSR count). The summed E-state index contributed by atoms with van der Waals surface area (Å²) >= 11 is 5.91. The van der Waals surface area contributed by atoms with Crippen LogP contribution in [0.3, 0.4) is 0 Å². The quantitative estimate of drug-likeness (QED) is 0.195. The number of nitrogens with zero attached hydrogens (tertiary/aromatic N) is 1. The van der Waals surface area contributed by atoms with Gasteiger partial charge in [-0.15, -0.1) is 0 Å². The largest absolute Gasteiger partial charge is 0.497 e. The Hall–Kier alpha value is -4.20. The van der Waals surface area contributed by atoms with Gasteiger partial charge < -0.3 is 19.3 Å². The molecule has 0 bridgehead atoms. The maximum Gasteiger partial charge on any atom is 0.339 e. The van der Waals surface area contributed by atoms with E-state index in [0.717, 1.165) is 16.7 Å². The van der Waals surface area contributed by atoms with Gasteiger partial charge >= 0.3 is 5.97 Å². The maximum atomic E-state index is 13.7. The number of carboxylic acids is 1. The number of aromatic carboxylic acids is 1. The van der Waals surface area contributed by atoms with Gasteiger partial charge in [-0.25, -0.2) is 14.2 Å². The van der Waals surface area contributed by atoms with Crippen molar-refractivity contribution in [3.05, 3.63) is 112 Å². The standard InChI is InChI=1S/C31H27ClFNO5/c1-19(2)17-38-30(18-39-29-12-11-24(37-3)15-25(29)31(35)36)22-6-4-5-20(13-22)7-9-23-10-8-21-14-27(33)26(32)16-28(21)34-23/h4-16,30H,1,17-18H2,2-3H3,(H,35,36)/b9-7+/t30-/m1/s1. The van der Waals surface area contributed by atoms with Gasteiger partial charge in [0.1, 0.15) is 35.6 Å². The molecule has 0 spiro atoms. The van der Waals surface area contributed by atoms with E-state index in [-0.39, 0.29) is 22.9 Å². The Labute approximate surface area is 230 Å². The molecular formula is C31H27ClFNO5. The first-order chi connectivity index (χ1) is 18.7. The van der Waals surface area contributed by atoms with Crippen molar-refractivity contribution >= 4 is 40.6 Å². The summed E-state index contributed by atoms with van der Waals surface area (Å²) in [5.74, 6) is -0.967. The van der Waals surface area contributed by atoms with Gasteiger partial charge in [-0.1, -0.05) is 54.1 Å². The predicted molar refractivity (Wildman–Crippen MR) is 151 cm³/mol. The van der Waals surface area contributed by atoms with E-state index in [1.165, 1.54) is 25.3 Å². The van der Waals surface area contributed by atoms with Crippen LogP contribution in [-0.2, 0) is 4.74 Å². The van der Waals surface area contributed by atoms with E-state index in [2.05, 4.69) is 11.6 Å². The first-order valence-electron chi connectivity index (χ1n) is 12.1. The summed E-state index contributed by atoms with van der Waals surface area (Å²) < 4.78 is 30.8. The van der Waals surface area contributed by atoms with Crippen LogP contribution in [-0.4, -0.2) is 36.4 Å². The molecule has 0 aliphatic carbocycles. The number of halogens is 2. The van der Waals surface area contributed by atoms with Crippen molar-refractivity contribution in [2.24, 2.45) is 0 Å². The van der Waals surface area contributed by atoms with Crippen LogP contribution in [0.5, 0.6) is 11.5 Å². The lowest BCUT2D eigenvalue weighted by Crippen LogP contribution is -2.16. The molecule has 4 aromatic rings. The van der Waals surface area contributed by atoms with Crippen molar-refractivity contribution in [2.45, 2.75) is 13.0 Å². The third kappa shape index (κ3) is 7.22. The highest BCUT2D eigenvalue weighted by atomic mass is 35.5. The molecule has 8 heteroatoms. The van der Waals surface area contributed by atoms with Gasteiger partial charge in [-0.05, 0) is 66.6 Å². The normalized spacial score (nSPS) is 12.0. The highest BCUT2D eigenvalue weighted by Gasteiger charge is 2.18. The SMILES string of the molecule is C=C(C)CO[C@H](COc1ccc(OC)cc1C(=O)O)c1cccc(/C=C/c2ccc3cc(F)c(Cl)cc3n2)c1. The number of aromatic nitrogens is 1. The minimum absolute atomic E-state index is 0.00315. The fourth-order valence-electron chi connectivity index (χ4n) is 3.85. The van der Waals surface area contributed by atoms with Crippen LogP contribution >= 0.6 is 11.6 Å². The molecule has 1 aromatic heterocycles. The zero-order valence-corrected chi connectivity index (χ0v) is 22.2. The van der Waals surface area contributed by atoms with Crippen LogP contribution in [0.15, 0.2) is 78.9 Å². The molecule has 1 heterocycles. The van der Waals surface area contributed by atoms with Crippen LogP contribution in [0.1, 0.15) is 40.2 Å². The monoisotopic (exact) mass is 547 g/mol. The molecule has 1 atom stereocenters. The van der Waals surface area contributed by atoms with E-state index in [0.29, 0.717) is 29.0 Å². The molecule has 0 radical (unpaired) electrons. The summed E-state index contributed by atoms with van der Waals surface area (Å²) in [6.07, 6.45) is 3.27. The lowest BCUT2D eigenvalue weighted by molar-refractivity contribution is 0.0314. The minimum atomic E-state index is -1.12. The van der Waals surface area contributed by atoms with Gasteiger partial charge in [0.2, 0.25) is 0 Å². The minimum Gasteiger partial charge on any atom is -0.497 e. The number of carbonyl (C=O) groups is 1. The van der Waals surface area contributed by atoms with Gasteiger partial charge in [0, 0.05) is 5.39 Å². The second-order valence-electron chi connectivity index (χ2n) is 8.93. The van der Waals surface area contributed by atoms with E-state index in [4.69, 9.17) is 25.8 Å². The maximum absolute atomic E-state index is 13.7. The molecule has 3 aromatic carbocycles. The van der Waals surface area contributed by atoms with Gasteiger partial charge in [0.05, 0.1) is 29.9 Å². The molecule has 6 nitrogen and oxygen atoms in total. The average Bonchev–Trinajstić information content (AvgIpc) is 2.92. The second kappa shape index (κ2) is 12.6. The molecule has 0 amide bonds. The van der Waals surface area contributed by atoms with E-state index >= 15 is 0 Å². The molecule has 200 valence electrons. The summed E-state index contributed by atoms with van der Waals surface area (Å²) in [6, 6.07) is 18.8. The van der Waals surface area contributed by atoms with Gasteiger partial charge in [0.25, 0.3) is 0 Å².